The van der Waals surface area contributed by atoms with E-state index < -0.39 is 5.97 Å². The summed E-state index contributed by atoms with van der Waals surface area (Å²) in [6.45, 7) is 4.79. The predicted molar refractivity (Wildman–Crippen MR) is 115 cm³/mol. The second kappa shape index (κ2) is 6.84. The molecular weight excluding hydrogens is 378 g/mol. The zero-order chi connectivity index (χ0) is 20.8. The van der Waals surface area contributed by atoms with Crippen LogP contribution in [0.4, 0.5) is 0 Å². The van der Waals surface area contributed by atoms with E-state index in [2.05, 4.69) is 52.9 Å². The predicted octanol–water partition coefficient (Wildman–Crippen LogP) is 5.21. The molecule has 5 aromatic rings. The summed E-state index contributed by atoms with van der Waals surface area (Å²) in [6, 6.07) is 18.7. The molecule has 6 nitrogen and oxygen atoms in total. The first-order valence-corrected chi connectivity index (χ1v) is 9.65. The molecule has 0 fully saturated rings. The molecule has 0 saturated carbocycles. The van der Waals surface area contributed by atoms with Crippen molar-refractivity contribution in [3.8, 4) is 11.5 Å². The number of rotatable bonds is 4. The summed E-state index contributed by atoms with van der Waals surface area (Å²) in [4.78, 5) is 19.7. The van der Waals surface area contributed by atoms with Gasteiger partial charge in [-0.25, -0.2) is 14.8 Å². The molecule has 0 aliphatic rings. The number of aryl methyl sites for hydroxylation is 2. The van der Waals surface area contributed by atoms with Crippen molar-refractivity contribution in [3.63, 3.8) is 0 Å². The van der Waals surface area contributed by atoms with Crippen LogP contribution >= 0.6 is 0 Å². The molecule has 0 saturated heterocycles. The quantitative estimate of drug-likeness (QED) is 0.450. The summed E-state index contributed by atoms with van der Waals surface area (Å²) >= 11 is 0. The van der Waals surface area contributed by atoms with E-state index >= 15 is 0 Å². The molecule has 0 unspecified atom stereocenters. The van der Waals surface area contributed by atoms with Gasteiger partial charge in [-0.15, -0.1) is 0 Å². The minimum absolute atomic E-state index is 0.341. The van der Waals surface area contributed by atoms with Crippen LogP contribution in [0.2, 0.25) is 0 Å². The molecule has 3 heterocycles. The first-order chi connectivity index (χ1) is 14.5. The molecule has 148 valence electrons. The van der Waals surface area contributed by atoms with E-state index in [1.807, 2.05) is 25.1 Å². The Morgan fingerprint density at radius 3 is 2.67 bits per heavy atom. The Balaban J connectivity index is 1.73. The zero-order valence-electron chi connectivity index (χ0n) is 16.6. The minimum atomic E-state index is -1.20. The van der Waals surface area contributed by atoms with Crippen molar-refractivity contribution in [2.24, 2.45) is 0 Å². The van der Waals surface area contributed by atoms with Crippen LogP contribution < -0.4 is 0 Å². The molecule has 2 aromatic carbocycles. The Labute approximate surface area is 172 Å². The fourth-order valence-electron chi connectivity index (χ4n) is 4.04. The lowest BCUT2D eigenvalue weighted by molar-refractivity contribution is 0.0654. The number of aromatic carboxylic acids is 1. The molecule has 0 atom stereocenters. The van der Waals surface area contributed by atoms with Crippen LogP contribution in [0.1, 0.15) is 27.5 Å². The largest absolute Gasteiger partial charge is 0.474 e. The molecule has 1 N–H and O–H groups in total. The van der Waals surface area contributed by atoms with Gasteiger partial charge in [0.2, 0.25) is 0 Å². The average molecular weight is 397 g/mol. The summed E-state index contributed by atoms with van der Waals surface area (Å²) in [5, 5.41) is 11.3. The summed E-state index contributed by atoms with van der Waals surface area (Å²) in [7, 11) is 0. The van der Waals surface area contributed by atoms with Gasteiger partial charge in [-0.1, -0.05) is 48.0 Å². The van der Waals surface area contributed by atoms with Gasteiger partial charge >= 0.3 is 11.9 Å². The van der Waals surface area contributed by atoms with Gasteiger partial charge in [-0.2, -0.15) is 0 Å². The standard InChI is InChI=1S/C24H19N3O3/c1-14-6-5-7-16(10-14)13-27-20-9-4-3-8-17(20)18-11-19(26-15(2)22(18)27)21-12-25-23(30-21)24(28)29/h3-12H,13H2,1-2H3,(H,28,29). The summed E-state index contributed by atoms with van der Waals surface area (Å²) in [5.41, 5.74) is 6.05. The first-order valence-electron chi connectivity index (χ1n) is 9.65. The summed E-state index contributed by atoms with van der Waals surface area (Å²) < 4.78 is 7.67. The lowest BCUT2D eigenvalue weighted by atomic mass is 10.1. The fraction of sp³-hybridized carbons (Fsp3) is 0.125. The van der Waals surface area contributed by atoms with E-state index in [0.717, 1.165) is 34.0 Å². The number of hydrogen-bond acceptors (Lipinski definition) is 4. The number of fused-ring (bicyclic) bond motifs is 3. The third-order valence-corrected chi connectivity index (χ3v) is 5.29. The highest BCUT2D eigenvalue weighted by atomic mass is 16.4. The van der Waals surface area contributed by atoms with Crippen LogP contribution in [0.3, 0.4) is 0 Å². The molecule has 0 spiro atoms. The Morgan fingerprint density at radius 2 is 1.90 bits per heavy atom. The molecule has 3 aromatic heterocycles. The number of carboxylic acid groups (broad SMARTS) is 1. The van der Waals surface area contributed by atoms with Gasteiger partial charge in [-0.3, -0.25) is 0 Å². The molecule has 0 aliphatic carbocycles. The van der Waals surface area contributed by atoms with Gasteiger partial charge in [0, 0.05) is 22.8 Å². The van der Waals surface area contributed by atoms with Crippen LogP contribution in [0.5, 0.6) is 0 Å². The van der Waals surface area contributed by atoms with Crippen LogP contribution in [-0.4, -0.2) is 25.6 Å². The Bertz CT molecular complexity index is 1430. The van der Waals surface area contributed by atoms with E-state index in [4.69, 9.17) is 14.5 Å². The number of carbonyl (C=O) groups is 1. The van der Waals surface area contributed by atoms with Crippen molar-refractivity contribution >= 4 is 27.8 Å². The maximum Gasteiger partial charge on any atom is 0.392 e. The van der Waals surface area contributed by atoms with Crippen molar-refractivity contribution < 1.29 is 14.3 Å². The highest BCUT2D eigenvalue weighted by Crippen LogP contribution is 2.34. The second-order valence-corrected chi connectivity index (χ2v) is 7.42. The van der Waals surface area contributed by atoms with Crippen molar-refractivity contribution in [2.75, 3.05) is 0 Å². The number of nitrogens with zero attached hydrogens (tertiary/aromatic N) is 3. The van der Waals surface area contributed by atoms with E-state index in [0.29, 0.717) is 11.5 Å². The number of oxazole rings is 1. The maximum atomic E-state index is 11.1. The van der Waals surface area contributed by atoms with Crippen LogP contribution in [0.15, 0.2) is 65.2 Å². The number of benzene rings is 2. The van der Waals surface area contributed by atoms with Crippen molar-refractivity contribution in [3.05, 3.63) is 83.5 Å². The molecule has 6 heteroatoms. The van der Waals surface area contributed by atoms with Gasteiger partial charge in [0.15, 0.2) is 5.76 Å². The monoisotopic (exact) mass is 397 g/mol. The highest BCUT2D eigenvalue weighted by Gasteiger charge is 2.18. The number of pyridine rings is 1. The van der Waals surface area contributed by atoms with Crippen molar-refractivity contribution in [1.82, 2.24) is 14.5 Å². The number of aromatic nitrogens is 3. The molecule has 0 bridgehead atoms. The normalized spacial score (nSPS) is 11.4. The van der Waals surface area contributed by atoms with E-state index in [1.54, 1.807) is 0 Å². The SMILES string of the molecule is Cc1cccc(Cn2c3ccccc3c3cc(-c4cnc(C(=O)O)o4)nc(C)c32)c1. The van der Waals surface area contributed by atoms with Crippen LogP contribution in [-0.2, 0) is 6.54 Å². The number of hydrogen-bond donors (Lipinski definition) is 1. The summed E-state index contributed by atoms with van der Waals surface area (Å²) in [6.07, 6.45) is 1.41. The number of para-hydroxylation sites is 1. The molecule has 0 radical (unpaired) electrons. The molecular formula is C24H19N3O3. The Morgan fingerprint density at radius 1 is 1.07 bits per heavy atom. The van der Waals surface area contributed by atoms with Gasteiger partial charge in [0.1, 0.15) is 5.69 Å². The van der Waals surface area contributed by atoms with Gasteiger partial charge < -0.3 is 14.1 Å². The number of carboxylic acids is 1. The van der Waals surface area contributed by atoms with Gasteiger partial charge in [0.05, 0.1) is 17.4 Å². The van der Waals surface area contributed by atoms with Crippen molar-refractivity contribution in [2.45, 2.75) is 20.4 Å². The Kier molecular flexibility index (Phi) is 4.13. The second-order valence-electron chi connectivity index (χ2n) is 7.42. The minimum Gasteiger partial charge on any atom is -0.474 e. The molecule has 5 rings (SSSR count). The van der Waals surface area contributed by atoms with Gasteiger partial charge in [0.25, 0.3) is 0 Å². The van der Waals surface area contributed by atoms with Crippen LogP contribution in [0, 0.1) is 13.8 Å². The topological polar surface area (TPSA) is 81.2 Å². The average Bonchev–Trinajstić information content (AvgIpc) is 3.33. The lowest BCUT2D eigenvalue weighted by Gasteiger charge is -2.10. The third-order valence-electron chi connectivity index (χ3n) is 5.29. The van der Waals surface area contributed by atoms with E-state index in [-0.39, 0.29) is 5.89 Å². The first kappa shape index (κ1) is 18.1. The molecule has 0 amide bonds. The lowest BCUT2D eigenvalue weighted by Crippen LogP contribution is -2.02. The Hall–Kier alpha value is -3.93. The third kappa shape index (κ3) is 2.93. The highest BCUT2D eigenvalue weighted by molar-refractivity contribution is 6.09. The van der Waals surface area contributed by atoms with Crippen molar-refractivity contribution in [1.29, 1.82) is 0 Å². The maximum absolute atomic E-state index is 11.1. The van der Waals surface area contributed by atoms with Crippen LogP contribution in [0.25, 0.3) is 33.3 Å². The molecule has 30 heavy (non-hydrogen) atoms. The van der Waals surface area contributed by atoms with Gasteiger partial charge in [-0.05, 0) is 31.5 Å². The summed E-state index contributed by atoms with van der Waals surface area (Å²) in [5.74, 6) is -1.20. The fourth-order valence-corrected chi connectivity index (χ4v) is 4.04. The smallest absolute Gasteiger partial charge is 0.392 e. The molecule has 0 aliphatic heterocycles. The van der Waals surface area contributed by atoms with E-state index in [1.165, 1.54) is 17.3 Å². The zero-order valence-corrected chi connectivity index (χ0v) is 16.6. The van der Waals surface area contributed by atoms with E-state index in [9.17, 15) is 4.79 Å².